The van der Waals surface area contributed by atoms with Crippen LogP contribution in [0.1, 0.15) is 34.1 Å². The van der Waals surface area contributed by atoms with Crippen LogP contribution in [0.4, 0.5) is 0 Å². The molecule has 0 aromatic heterocycles. The van der Waals surface area contributed by atoms with Gasteiger partial charge in [-0.2, -0.15) is 0 Å². The van der Waals surface area contributed by atoms with Gasteiger partial charge in [-0.15, -0.1) is 0 Å². The number of carbonyl (C=O) groups is 2. The number of ether oxygens (including phenoxy) is 3. The van der Waals surface area contributed by atoms with E-state index in [4.69, 9.17) is 37.4 Å². The van der Waals surface area contributed by atoms with E-state index in [2.05, 4.69) is 0 Å². The summed E-state index contributed by atoms with van der Waals surface area (Å²) in [5.74, 6) is -0.957. The molecule has 0 amide bonds. The van der Waals surface area contributed by atoms with E-state index >= 15 is 0 Å². The van der Waals surface area contributed by atoms with Crippen molar-refractivity contribution in [3.05, 3.63) is 69.7 Å². The fraction of sp³-hybridized carbons (Fsp3) is 0.300. The van der Waals surface area contributed by atoms with Crippen molar-refractivity contribution in [1.82, 2.24) is 0 Å². The third kappa shape index (κ3) is 5.22. The minimum Gasteiger partial charge on any atom is -0.459 e. The minimum atomic E-state index is -0.521. The van der Waals surface area contributed by atoms with Crippen molar-refractivity contribution in [2.24, 2.45) is 0 Å². The Morgan fingerprint density at radius 2 is 1.48 bits per heavy atom. The predicted octanol–water partition coefficient (Wildman–Crippen LogP) is 4.55. The molecule has 2 aromatic carbocycles. The first-order chi connectivity index (χ1) is 12.9. The van der Waals surface area contributed by atoms with Crippen LogP contribution in [0.25, 0.3) is 0 Å². The van der Waals surface area contributed by atoms with E-state index in [1.165, 1.54) is 0 Å². The van der Waals surface area contributed by atoms with Gasteiger partial charge in [0.05, 0.1) is 17.2 Å². The molecule has 1 heterocycles. The van der Waals surface area contributed by atoms with Gasteiger partial charge in [-0.05, 0) is 55.5 Å². The molecule has 5 nitrogen and oxygen atoms in total. The summed E-state index contributed by atoms with van der Waals surface area (Å²) in [5, 5.41) is 1.07. The lowest BCUT2D eigenvalue weighted by Gasteiger charge is -2.19. The summed E-state index contributed by atoms with van der Waals surface area (Å²) >= 11 is 11.6. The fourth-order valence-corrected chi connectivity index (χ4v) is 3.06. The first kappa shape index (κ1) is 19.7. The molecule has 1 saturated heterocycles. The van der Waals surface area contributed by atoms with E-state index in [0.29, 0.717) is 27.6 Å². The van der Waals surface area contributed by atoms with Crippen molar-refractivity contribution < 1.29 is 23.8 Å². The molecule has 0 saturated carbocycles. The summed E-state index contributed by atoms with van der Waals surface area (Å²) in [7, 11) is 0. The molecule has 1 aliphatic heterocycles. The number of esters is 2. The first-order valence-electron chi connectivity index (χ1n) is 8.47. The van der Waals surface area contributed by atoms with Gasteiger partial charge in [0.25, 0.3) is 0 Å². The molecule has 3 rings (SSSR count). The van der Waals surface area contributed by atoms with Crippen molar-refractivity contribution in [1.29, 1.82) is 0 Å². The molecule has 3 atom stereocenters. The molecular weight excluding hydrogens is 391 g/mol. The van der Waals surface area contributed by atoms with Crippen molar-refractivity contribution in [3.8, 4) is 0 Å². The minimum absolute atomic E-state index is 0.00956. The highest BCUT2D eigenvalue weighted by molar-refractivity contribution is 6.30. The zero-order valence-corrected chi connectivity index (χ0v) is 16.1. The molecule has 1 fully saturated rings. The Balaban J connectivity index is 1.58. The normalized spacial score (nSPS) is 21.7. The molecule has 27 heavy (non-hydrogen) atoms. The molecule has 0 bridgehead atoms. The average Bonchev–Trinajstić information content (AvgIpc) is 3.00. The van der Waals surface area contributed by atoms with Crippen LogP contribution in [0, 0.1) is 0 Å². The summed E-state index contributed by atoms with van der Waals surface area (Å²) in [6.45, 7) is 1.87. The monoisotopic (exact) mass is 408 g/mol. The van der Waals surface area contributed by atoms with Gasteiger partial charge in [-0.3, -0.25) is 0 Å². The van der Waals surface area contributed by atoms with Crippen LogP contribution >= 0.6 is 23.2 Å². The maximum absolute atomic E-state index is 12.3. The van der Waals surface area contributed by atoms with E-state index in [1.807, 2.05) is 6.92 Å². The Hall–Kier alpha value is -2.08. The largest absolute Gasteiger partial charge is 0.459 e. The van der Waals surface area contributed by atoms with Gasteiger partial charge in [-0.1, -0.05) is 23.2 Å². The molecule has 0 spiro atoms. The van der Waals surface area contributed by atoms with Gasteiger partial charge in [0.2, 0.25) is 0 Å². The predicted molar refractivity (Wildman–Crippen MR) is 101 cm³/mol. The average molecular weight is 409 g/mol. The molecule has 7 heteroatoms. The number of hydrogen-bond donors (Lipinski definition) is 0. The summed E-state index contributed by atoms with van der Waals surface area (Å²) in [6, 6.07) is 12.8. The quantitative estimate of drug-likeness (QED) is 0.678. The van der Waals surface area contributed by atoms with Crippen molar-refractivity contribution in [3.63, 3.8) is 0 Å². The highest BCUT2D eigenvalue weighted by Gasteiger charge is 2.37. The third-order valence-electron chi connectivity index (χ3n) is 4.18. The molecule has 1 aliphatic rings. The van der Waals surface area contributed by atoms with Crippen LogP contribution in [-0.4, -0.2) is 36.9 Å². The Bertz CT molecular complexity index is 804. The van der Waals surface area contributed by atoms with Crippen LogP contribution in [0.15, 0.2) is 48.5 Å². The zero-order chi connectivity index (χ0) is 19.4. The number of carbonyl (C=O) groups excluding carboxylic acids is 2. The highest BCUT2D eigenvalue weighted by atomic mass is 35.5. The molecule has 142 valence electrons. The van der Waals surface area contributed by atoms with Crippen LogP contribution in [0.2, 0.25) is 10.0 Å². The van der Waals surface area contributed by atoms with Gasteiger partial charge >= 0.3 is 11.9 Å². The van der Waals surface area contributed by atoms with Gasteiger partial charge < -0.3 is 14.2 Å². The number of benzene rings is 2. The molecule has 2 aromatic rings. The Morgan fingerprint density at radius 3 is 2.04 bits per heavy atom. The SMILES string of the molecule is C[C@@H]1CC(OC(=O)c2ccc(Cl)cc2)C(COC(=O)c2ccc(Cl)cc2)O1. The number of halogens is 2. The smallest absolute Gasteiger partial charge is 0.338 e. The van der Waals surface area contributed by atoms with Crippen molar-refractivity contribution >= 4 is 35.1 Å². The maximum Gasteiger partial charge on any atom is 0.338 e. The summed E-state index contributed by atoms with van der Waals surface area (Å²) in [5.41, 5.74) is 0.788. The fourth-order valence-electron chi connectivity index (χ4n) is 2.81. The van der Waals surface area contributed by atoms with Gasteiger partial charge in [0.1, 0.15) is 18.8 Å². The second-order valence-electron chi connectivity index (χ2n) is 6.28. The Kier molecular flexibility index (Phi) is 6.37. The van der Waals surface area contributed by atoms with E-state index in [1.54, 1.807) is 48.5 Å². The molecule has 0 radical (unpaired) electrons. The van der Waals surface area contributed by atoms with E-state index in [9.17, 15) is 9.59 Å². The van der Waals surface area contributed by atoms with Crippen LogP contribution < -0.4 is 0 Å². The van der Waals surface area contributed by atoms with Crippen molar-refractivity contribution in [2.75, 3.05) is 6.61 Å². The molecule has 0 aliphatic carbocycles. The lowest BCUT2D eigenvalue weighted by molar-refractivity contribution is -0.0394. The lowest BCUT2D eigenvalue weighted by Crippen LogP contribution is -2.32. The van der Waals surface area contributed by atoms with E-state index in [-0.39, 0.29) is 12.7 Å². The molecular formula is C20H18Cl2O5. The number of rotatable bonds is 5. The molecule has 0 N–H and O–H groups in total. The van der Waals surface area contributed by atoms with Gasteiger partial charge in [-0.25, -0.2) is 9.59 Å². The van der Waals surface area contributed by atoms with Crippen LogP contribution in [-0.2, 0) is 14.2 Å². The van der Waals surface area contributed by atoms with Crippen LogP contribution in [0.3, 0.4) is 0 Å². The Morgan fingerprint density at radius 1 is 0.963 bits per heavy atom. The third-order valence-corrected chi connectivity index (χ3v) is 4.69. The summed E-state index contributed by atoms with van der Waals surface area (Å²) < 4.78 is 16.6. The van der Waals surface area contributed by atoms with E-state index < -0.39 is 24.1 Å². The highest BCUT2D eigenvalue weighted by Crippen LogP contribution is 2.25. The van der Waals surface area contributed by atoms with Crippen LogP contribution in [0.5, 0.6) is 0 Å². The van der Waals surface area contributed by atoms with Crippen molar-refractivity contribution in [2.45, 2.75) is 31.7 Å². The topological polar surface area (TPSA) is 61.8 Å². The number of hydrogen-bond acceptors (Lipinski definition) is 5. The summed E-state index contributed by atoms with van der Waals surface area (Å²) in [4.78, 5) is 24.4. The molecule has 2 unspecified atom stereocenters. The first-order valence-corrected chi connectivity index (χ1v) is 9.22. The lowest BCUT2D eigenvalue weighted by atomic mass is 10.1. The second-order valence-corrected chi connectivity index (χ2v) is 7.15. The van der Waals surface area contributed by atoms with E-state index in [0.717, 1.165) is 0 Å². The Labute approximate surface area is 167 Å². The maximum atomic E-state index is 12.3. The van der Waals surface area contributed by atoms with Gasteiger partial charge in [0, 0.05) is 16.5 Å². The summed E-state index contributed by atoms with van der Waals surface area (Å²) in [6.07, 6.45) is -0.594. The second kappa shape index (κ2) is 8.74. The van der Waals surface area contributed by atoms with Gasteiger partial charge in [0.15, 0.2) is 0 Å². The standard InChI is InChI=1S/C20H18Cl2O5/c1-12-10-17(27-20(24)14-4-8-16(22)9-5-14)18(26-12)11-25-19(23)13-2-6-15(21)7-3-13/h2-9,12,17-18H,10-11H2,1H3/t12-,17?,18?/m1/s1. The zero-order valence-electron chi connectivity index (χ0n) is 14.6.